The van der Waals surface area contributed by atoms with Crippen molar-refractivity contribution >= 4 is 39.1 Å². The van der Waals surface area contributed by atoms with Crippen LogP contribution in [0.3, 0.4) is 0 Å². The molecule has 2 rings (SSSR count). The van der Waals surface area contributed by atoms with Crippen LogP contribution in [0, 0.1) is 0 Å². The van der Waals surface area contributed by atoms with Crippen LogP contribution in [0.25, 0.3) is 11.1 Å². The smallest absolute Gasteiger partial charge is 0.160 e. The lowest BCUT2D eigenvalue weighted by Gasteiger charge is -2.15. The average molecular weight is 390 g/mol. The molecule has 0 bridgehead atoms. The highest BCUT2D eigenvalue weighted by molar-refractivity contribution is 9.10. The Kier molecular flexibility index (Phi) is 5.99. The quantitative estimate of drug-likeness (QED) is 0.615. The number of ether oxygens (including phenoxy) is 1. The fourth-order valence-electron chi connectivity index (χ4n) is 2.07. The van der Waals surface area contributed by atoms with Gasteiger partial charge in [-0.1, -0.05) is 70.7 Å². The monoisotopic (exact) mass is 388 g/mol. The summed E-state index contributed by atoms with van der Waals surface area (Å²) in [5, 5.41) is 0.658. The Morgan fingerprint density at radius 1 is 1.19 bits per heavy atom. The summed E-state index contributed by atoms with van der Waals surface area (Å²) in [4.78, 5) is 8.73. The van der Waals surface area contributed by atoms with Crippen LogP contribution in [0.4, 0.5) is 0 Å². The molecule has 112 valence electrons. The van der Waals surface area contributed by atoms with E-state index in [9.17, 15) is 0 Å². The molecule has 6 heteroatoms. The van der Waals surface area contributed by atoms with Gasteiger partial charge in [-0.3, -0.25) is 0 Å². The fraction of sp³-hybridized carbons (Fsp3) is 0.333. The number of halogens is 3. The zero-order chi connectivity index (χ0) is 15.4. The largest absolute Gasteiger partial charge is 0.373 e. The van der Waals surface area contributed by atoms with Crippen LogP contribution in [-0.4, -0.2) is 17.1 Å². The van der Waals surface area contributed by atoms with E-state index in [1.807, 2.05) is 24.3 Å². The van der Waals surface area contributed by atoms with Gasteiger partial charge in [0.25, 0.3) is 0 Å². The van der Waals surface area contributed by atoms with Crippen LogP contribution < -0.4 is 0 Å². The lowest BCUT2D eigenvalue weighted by molar-refractivity contribution is 0.0876. The van der Waals surface area contributed by atoms with Gasteiger partial charge in [0.05, 0.1) is 5.56 Å². The van der Waals surface area contributed by atoms with Crippen molar-refractivity contribution in [2.24, 2.45) is 0 Å². The molecule has 0 aliphatic heterocycles. The molecule has 0 aliphatic rings. The first-order chi connectivity index (χ1) is 10.1. The number of aromatic nitrogens is 2. The molecule has 21 heavy (non-hydrogen) atoms. The summed E-state index contributed by atoms with van der Waals surface area (Å²) in [5.74, 6) is 0.519. The van der Waals surface area contributed by atoms with Gasteiger partial charge in [0.15, 0.2) is 5.82 Å². The lowest BCUT2D eigenvalue weighted by atomic mass is 10.1. The third-order valence-electron chi connectivity index (χ3n) is 3.10. The summed E-state index contributed by atoms with van der Waals surface area (Å²) in [6.45, 7) is 2.07. The number of benzene rings is 1. The third-order valence-corrected chi connectivity index (χ3v) is 4.34. The molecule has 1 atom stereocenters. The van der Waals surface area contributed by atoms with Crippen LogP contribution in [0.15, 0.2) is 28.7 Å². The van der Waals surface area contributed by atoms with Crippen molar-refractivity contribution < 1.29 is 4.74 Å². The van der Waals surface area contributed by atoms with E-state index in [2.05, 4.69) is 32.8 Å². The van der Waals surface area contributed by atoms with Crippen LogP contribution in [-0.2, 0) is 4.74 Å². The highest BCUT2D eigenvalue weighted by atomic mass is 79.9. The second-order valence-electron chi connectivity index (χ2n) is 4.53. The molecule has 0 N–H and O–H groups in total. The summed E-state index contributed by atoms with van der Waals surface area (Å²) >= 11 is 16.2. The van der Waals surface area contributed by atoms with Gasteiger partial charge in [-0.15, -0.1) is 0 Å². The van der Waals surface area contributed by atoms with Crippen LogP contribution >= 0.6 is 39.1 Å². The number of nitrogens with zero attached hydrogens (tertiary/aromatic N) is 2. The van der Waals surface area contributed by atoms with Gasteiger partial charge in [0.1, 0.15) is 16.4 Å². The molecule has 0 spiro atoms. The Bertz CT molecular complexity index is 614. The second-order valence-corrected chi connectivity index (χ2v) is 6.10. The molecule has 1 unspecified atom stereocenters. The predicted molar refractivity (Wildman–Crippen MR) is 89.8 cm³/mol. The van der Waals surface area contributed by atoms with E-state index in [4.69, 9.17) is 27.9 Å². The van der Waals surface area contributed by atoms with Crippen molar-refractivity contribution in [3.63, 3.8) is 0 Å². The van der Waals surface area contributed by atoms with E-state index >= 15 is 0 Å². The van der Waals surface area contributed by atoms with E-state index in [-0.39, 0.29) is 6.10 Å². The number of hydrogen-bond donors (Lipinski definition) is 0. The average Bonchev–Trinajstić information content (AvgIpc) is 2.46. The first-order valence-corrected chi connectivity index (χ1v) is 8.14. The first-order valence-electron chi connectivity index (χ1n) is 6.59. The Balaban J connectivity index is 2.50. The van der Waals surface area contributed by atoms with Gasteiger partial charge >= 0.3 is 0 Å². The SMILES string of the molecule is CCCC(OC)c1nc(Cl)c(-c2ccccc2Br)c(Cl)n1. The third kappa shape index (κ3) is 3.75. The van der Waals surface area contributed by atoms with Crippen molar-refractivity contribution in [3.05, 3.63) is 44.9 Å². The maximum absolute atomic E-state index is 6.33. The van der Waals surface area contributed by atoms with Crippen molar-refractivity contribution in [2.75, 3.05) is 7.11 Å². The maximum Gasteiger partial charge on any atom is 0.160 e. The minimum atomic E-state index is -0.196. The van der Waals surface area contributed by atoms with Gasteiger partial charge < -0.3 is 4.74 Å². The Morgan fingerprint density at radius 3 is 2.33 bits per heavy atom. The molecule has 0 saturated carbocycles. The standard InChI is InChI=1S/C15H15BrCl2N2O/c1-3-6-11(21-2)15-19-13(17)12(14(18)20-15)9-7-4-5-8-10(9)16/h4-5,7-8,11H,3,6H2,1-2H3. The summed E-state index contributed by atoms with van der Waals surface area (Å²) in [7, 11) is 1.63. The molecule has 1 heterocycles. The van der Waals surface area contributed by atoms with Crippen molar-refractivity contribution in [1.82, 2.24) is 9.97 Å². The fourth-order valence-corrected chi connectivity index (χ4v) is 3.15. The summed E-state index contributed by atoms with van der Waals surface area (Å²) in [6.07, 6.45) is 1.58. The predicted octanol–water partition coefficient (Wildman–Crippen LogP) is 5.70. The highest BCUT2D eigenvalue weighted by Crippen LogP contribution is 2.37. The minimum absolute atomic E-state index is 0.196. The molecular weight excluding hydrogens is 375 g/mol. The first kappa shape index (κ1) is 16.7. The topological polar surface area (TPSA) is 35.0 Å². The van der Waals surface area contributed by atoms with Crippen LogP contribution in [0.5, 0.6) is 0 Å². The van der Waals surface area contributed by atoms with Gasteiger partial charge in [-0.2, -0.15) is 0 Å². The highest BCUT2D eigenvalue weighted by Gasteiger charge is 2.20. The lowest BCUT2D eigenvalue weighted by Crippen LogP contribution is -2.08. The Morgan fingerprint density at radius 2 is 1.81 bits per heavy atom. The van der Waals surface area contributed by atoms with Gasteiger partial charge in [-0.05, 0) is 12.5 Å². The van der Waals surface area contributed by atoms with Gasteiger partial charge in [-0.25, -0.2) is 9.97 Å². The molecule has 0 radical (unpaired) electrons. The molecule has 0 amide bonds. The molecule has 2 aromatic rings. The molecule has 0 aliphatic carbocycles. The van der Waals surface area contributed by atoms with E-state index in [1.165, 1.54) is 0 Å². The summed E-state index contributed by atoms with van der Waals surface area (Å²) < 4.78 is 6.30. The summed E-state index contributed by atoms with van der Waals surface area (Å²) in [5.41, 5.74) is 1.49. The van der Waals surface area contributed by atoms with E-state index in [0.717, 1.165) is 22.9 Å². The summed E-state index contributed by atoms with van der Waals surface area (Å²) in [6, 6.07) is 7.67. The number of rotatable bonds is 5. The van der Waals surface area contributed by atoms with E-state index in [0.29, 0.717) is 21.7 Å². The van der Waals surface area contributed by atoms with E-state index < -0.39 is 0 Å². The maximum atomic E-state index is 6.33. The molecule has 1 aromatic heterocycles. The minimum Gasteiger partial charge on any atom is -0.373 e. The molecule has 0 saturated heterocycles. The van der Waals surface area contributed by atoms with Crippen LogP contribution in [0.1, 0.15) is 31.7 Å². The molecule has 1 aromatic carbocycles. The Labute approximate surface area is 142 Å². The van der Waals surface area contributed by atoms with Gasteiger partial charge in [0, 0.05) is 17.1 Å². The zero-order valence-electron chi connectivity index (χ0n) is 11.7. The number of hydrogen-bond acceptors (Lipinski definition) is 3. The van der Waals surface area contributed by atoms with E-state index in [1.54, 1.807) is 7.11 Å². The molecular formula is C15H15BrCl2N2O. The zero-order valence-corrected chi connectivity index (χ0v) is 14.8. The second kappa shape index (κ2) is 7.54. The van der Waals surface area contributed by atoms with Crippen molar-refractivity contribution in [3.8, 4) is 11.1 Å². The van der Waals surface area contributed by atoms with Crippen LogP contribution in [0.2, 0.25) is 10.3 Å². The normalized spacial score (nSPS) is 12.4. The number of methoxy groups -OCH3 is 1. The Hall–Kier alpha value is -0.680. The molecule has 0 fully saturated rings. The molecule has 3 nitrogen and oxygen atoms in total. The van der Waals surface area contributed by atoms with Gasteiger partial charge in [0.2, 0.25) is 0 Å². The van der Waals surface area contributed by atoms with Crippen molar-refractivity contribution in [1.29, 1.82) is 0 Å². The van der Waals surface area contributed by atoms with Crippen molar-refractivity contribution in [2.45, 2.75) is 25.9 Å².